The number of aliphatic hydroxyl groups is 1. The smallest absolute Gasteiger partial charge is 0.344 e. The predicted octanol–water partition coefficient (Wildman–Crippen LogP) is 1.72. The molecule has 0 aliphatic heterocycles. The summed E-state index contributed by atoms with van der Waals surface area (Å²) in [6, 6.07) is 0. The van der Waals surface area contributed by atoms with E-state index in [4.69, 9.17) is 5.73 Å². The van der Waals surface area contributed by atoms with E-state index in [1.807, 2.05) is 13.8 Å². The van der Waals surface area contributed by atoms with Crippen LogP contribution in [0.1, 0.15) is 37.0 Å². The summed E-state index contributed by atoms with van der Waals surface area (Å²) in [5, 5.41) is 13.3. The summed E-state index contributed by atoms with van der Waals surface area (Å²) >= 11 is 1.12. The maximum Gasteiger partial charge on any atom is 0.344 e. The third kappa shape index (κ3) is 3.36. The van der Waals surface area contributed by atoms with Crippen molar-refractivity contribution in [2.45, 2.75) is 26.7 Å². The average Bonchev–Trinajstić information content (AvgIpc) is 2.81. The molecule has 19 heavy (non-hydrogen) atoms. The molecule has 0 aliphatic carbocycles. The minimum atomic E-state index is -0.503. The number of anilines is 2. The Bertz CT molecular complexity index is 422. The van der Waals surface area contributed by atoms with Crippen molar-refractivity contribution in [1.29, 1.82) is 0 Å². The van der Waals surface area contributed by atoms with Crippen molar-refractivity contribution in [3.8, 4) is 0 Å². The molecule has 6 nitrogen and oxygen atoms in total. The molecule has 1 aromatic rings. The van der Waals surface area contributed by atoms with Crippen LogP contribution in [0.4, 0.5) is 10.8 Å². The van der Waals surface area contributed by atoms with Gasteiger partial charge in [0.2, 0.25) is 0 Å². The van der Waals surface area contributed by atoms with E-state index in [1.54, 1.807) is 0 Å². The summed E-state index contributed by atoms with van der Waals surface area (Å²) < 4.78 is 8.64. The largest absolute Gasteiger partial charge is 0.465 e. The number of aliphatic hydroxyl groups excluding tert-OH is 1. The third-order valence-corrected chi connectivity index (χ3v) is 4.39. The Balaban J connectivity index is 2.86. The number of carbonyl (C=O) groups is 1. The van der Waals surface area contributed by atoms with Crippen LogP contribution in [-0.4, -0.2) is 35.7 Å². The second-order valence-electron chi connectivity index (χ2n) is 4.48. The summed E-state index contributed by atoms with van der Waals surface area (Å²) in [7, 11) is 1.30. The van der Waals surface area contributed by atoms with E-state index in [-0.39, 0.29) is 23.4 Å². The maximum absolute atomic E-state index is 11.6. The lowest BCUT2D eigenvalue weighted by atomic mass is 9.83. The van der Waals surface area contributed by atoms with E-state index < -0.39 is 5.97 Å². The molecule has 4 N–H and O–H groups in total. The third-order valence-electron chi connectivity index (χ3n) is 3.57. The first-order valence-corrected chi connectivity index (χ1v) is 6.99. The Morgan fingerprint density at radius 3 is 2.63 bits per heavy atom. The number of ether oxygens (including phenoxy) is 1. The number of nitrogens with one attached hydrogen (secondary N) is 1. The summed E-state index contributed by atoms with van der Waals surface area (Å²) in [6.45, 7) is 4.71. The van der Waals surface area contributed by atoms with Gasteiger partial charge in [0.05, 0.1) is 13.7 Å². The number of esters is 1. The molecule has 0 unspecified atom stereocenters. The maximum atomic E-state index is 11.6. The highest BCUT2D eigenvalue weighted by atomic mass is 32.1. The second-order valence-corrected chi connectivity index (χ2v) is 5.26. The molecule has 0 saturated carbocycles. The molecule has 0 saturated heterocycles. The molecule has 108 valence electrons. The Morgan fingerprint density at radius 1 is 1.53 bits per heavy atom. The fourth-order valence-electron chi connectivity index (χ4n) is 1.77. The quantitative estimate of drug-likeness (QED) is 0.661. The van der Waals surface area contributed by atoms with Crippen molar-refractivity contribution in [3.63, 3.8) is 0 Å². The normalized spacial score (nSPS) is 11.4. The molecule has 0 radical (unpaired) electrons. The first-order valence-electron chi connectivity index (χ1n) is 6.21. The highest BCUT2D eigenvalue weighted by Gasteiger charge is 2.27. The highest BCUT2D eigenvalue weighted by Crippen LogP contribution is 2.31. The Labute approximate surface area is 117 Å². The number of nitrogen functional groups attached to an aromatic ring is 1. The molecular weight excluding hydrogens is 266 g/mol. The van der Waals surface area contributed by atoms with Crippen molar-refractivity contribution in [1.82, 2.24) is 4.37 Å². The Hall–Kier alpha value is -1.34. The lowest BCUT2D eigenvalue weighted by molar-refractivity contribution is 0.0603. The number of rotatable bonds is 7. The van der Waals surface area contributed by atoms with Gasteiger partial charge in [0.1, 0.15) is 10.6 Å². The number of nitrogens with two attached hydrogens (primary N) is 1. The van der Waals surface area contributed by atoms with Crippen LogP contribution in [0.15, 0.2) is 0 Å². The first kappa shape index (κ1) is 15.7. The first-order chi connectivity index (χ1) is 9.03. The van der Waals surface area contributed by atoms with E-state index in [0.29, 0.717) is 11.5 Å². The zero-order valence-corrected chi connectivity index (χ0v) is 12.3. The van der Waals surface area contributed by atoms with Gasteiger partial charge in [0.25, 0.3) is 0 Å². The number of aromatic nitrogens is 1. The molecule has 1 heterocycles. The van der Waals surface area contributed by atoms with Crippen molar-refractivity contribution >= 4 is 28.3 Å². The lowest BCUT2D eigenvalue weighted by Crippen LogP contribution is -2.32. The summed E-state index contributed by atoms with van der Waals surface area (Å²) in [6.07, 6.45) is 1.68. The van der Waals surface area contributed by atoms with Crippen LogP contribution in [0.2, 0.25) is 0 Å². The summed E-state index contributed by atoms with van der Waals surface area (Å²) in [4.78, 5) is 11.6. The molecule has 0 aromatic carbocycles. The number of carbonyl (C=O) groups excluding carboxylic acids is 1. The fourth-order valence-corrected chi connectivity index (χ4v) is 2.47. The number of methoxy groups -OCH3 is 1. The minimum absolute atomic E-state index is 0.0921. The average molecular weight is 287 g/mol. The van der Waals surface area contributed by atoms with E-state index in [0.717, 1.165) is 24.4 Å². The van der Waals surface area contributed by atoms with Crippen LogP contribution in [0.5, 0.6) is 0 Å². The molecule has 0 fully saturated rings. The van der Waals surface area contributed by atoms with Crippen molar-refractivity contribution in [2.75, 3.05) is 31.3 Å². The van der Waals surface area contributed by atoms with Crippen LogP contribution in [0.25, 0.3) is 0 Å². The zero-order valence-electron chi connectivity index (χ0n) is 11.5. The van der Waals surface area contributed by atoms with E-state index in [1.165, 1.54) is 7.11 Å². The Morgan fingerprint density at radius 2 is 2.16 bits per heavy atom. The topological polar surface area (TPSA) is 97.5 Å². The van der Waals surface area contributed by atoms with Crippen LogP contribution in [0.3, 0.4) is 0 Å². The predicted molar refractivity (Wildman–Crippen MR) is 76.5 cm³/mol. The van der Waals surface area contributed by atoms with Gasteiger partial charge in [-0.15, -0.1) is 0 Å². The van der Waals surface area contributed by atoms with Gasteiger partial charge >= 0.3 is 5.97 Å². The van der Waals surface area contributed by atoms with Gasteiger partial charge in [0.15, 0.2) is 5.82 Å². The van der Waals surface area contributed by atoms with Crippen LogP contribution in [0, 0.1) is 5.41 Å². The molecule has 0 amide bonds. The standard InChI is InChI=1S/C12H21N3O3S/c1-4-12(5-2,7-16)6-14-10-8(11(17)18-3)9(13)15-19-10/h14,16H,4-7H2,1-3H3,(H2,13,15). The summed E-state index contributed by atoms with van der Waals surface area (Å²) in [5.74, 6) is -0.335. The second kappa shape index (κ2) is 6.72. The van der Waals surface area contributed by atoms with Crippen molar-refractivity contribution < 1.29 is 14.6 Å². The number of hydrogen-bond acceptors (Lipinski definition) is 7. The van der Waals surface area contributed by atoms with Gasteiger partial charge in [-0.05, 0) is 24.4 Å². The van der Waals surface area contributed by atoms with Gasteiger partial charge in [-0.2, -0.15) is 4.37 Å². The van der Waals surface area contributed by atoms with E-state index in [2.05, 4.69) is 14.4 Å². The molecule has 1 rings (SSSR count). The van der Waals surface area contributed by atoms with E-state index in [9.17, 15) is 9.90 Å². The van der Waals surface area contributed by atoms with Crippen LogP contribution in [-0.2, 0) is 4.74 Å². The van der Waals surface area contributed by atoms with Crippen molar-refractivity contribution in [2.24, 2.45) is 5.41 Å². The molecule has 0 atom stereocenters. The molecule has 1 aromatic heterocycles. The monoisotopic (exact) mass is 287 g/mol. The van der Waals surface area contributed by atoms with Crippen LogP contribution < -0.4 is 11.1 Å². The van der Waals surface area contributed by atoms with Crippen molar-refractivity contribution in [3.05, 3.63) is 5.56 Å². The summed E-state index contributed by atoms with van der Waals surface area (Å²) in [5.41, 5.74) is 5.73. The minimum Gasteiger partial charge on any atom is -0.465 e. The highest BCUT2D eigenvalue weighted by molar-refractivity contribution is 7.11. The van der Waals surface area contributed by atoms with Crippen LogP contribution >= 0.6 is 11.5 Å². The molecule has 0 bridgehead atoms. The van der Waals surface area contributed by atoms with Gasteiger partial charge in [-0.1, -0.05) is 13.8 Å². The molecule has 0 spiro atoms. The lowest BCUT2D eigenvalue weighted by Gasteiger charge is -2.29. The molecule has 0 aliphatic rings. The van der Waals surface area contributed by atoms with Gasteiger partial charge in [-0.3, -0.25) is 0 Å². The fraction of sp³-hybridized carbons (Fsp3) is 0.667. The Kier molecular flexibility index (Phi) is 5.56. The zero-order chi connectivity index (χ0) is 14.5. The van der Waals surface area contributed by atoms with Gasteiger partial charge < -0.3 is 20.9 Å². The SMILES string of the molecule is CCC(CC)(CO)CNc1snc(N)c1C(=O)OC. The number of hydrogen-bond donors (Lipinski definition) is 3. The van der Waals surface area contributed by atoms with Gasteiger partial charge in [-0.25, -0.2) is 4.79 Å². The number of nitrogens with zero attached hydrogens (tertiary/aromatic N) is 1. The molecule has 7 heteroatoms. The van der Waals surface area contributed by atoms with Gasteiger partial charge in [0, 0.05) is 12.0 Å². The molecular formula is C12H21N3O3S. The van der Waals surface area contributed by atoms with E-state index >= 15 is 0 Å².